The number of nitrogens with zero attached hydrogens (tertiary/aromatic N) is 11. The van der Waals surface area contributed by atoms with Gasteiger partial charge in [-0.15, -0.1) is 0 Å². The van der Waals surface area contributed by atoms with Crippen molar-refractivity contribution in [3.05, 3.63) is 201 Å². The van der Waals surface area contributed by atoms with Gasteiger partial charge < -0.3 is 90.9 Å². The van der Waals surface area contributed by atoms with E-state index in [0.29, 0.717) is 47.5 Å². The van der Waals surface area contributed by atoms with Crippen LogP contribution in [0.5, 0.6) is 0 Å². The number of hydrogen-bond donors (Lipinski definition) is 7. The van der Waals surface area contributed by atoms with Crippen molar-refractivity contribution in [2.75, 3.05) is 153 Å². The number of rotatable bonds is 25. The fraction of sp³-hybridized carbons (Fsp3) is 0.587. The predicted molar refractivity (Wildman–Crippen MR) is 478 cm³/mol. The standard InChI is InChI=1S/C21H35N5O5P2.C14H17F3N3O5P.C12H18N3O4P.C11H12F3N3O5.C11H10F3N3O5.C5H14O5P2.CH4.Na.H2O/c1-16(2)26(17(3)4)32(30-12-7-10-22)24-14-18(9-13-33(5,6)29)31-20(15-24)25-11-8-19(27)23-21(25)28;1-26(2,24)6-4-9-7-19(12(22)14(15,16)17)8-11(25-9)20-5-3-10(21)18-13(20)23;1-20(2,18)6-4-9-7-13-8-11(19-9)15-5-3-10(16)14-12(15)17;2*12-11(13,14)9(20)16-3-6(5-18)22-8(4-16)17-2-1-7(19)15-10(17)21;1-8-11(4,6)5-12(7,9-2)10-3;;;/h8-9,11,13,16-18,20H,7,12,14-15H2,1-6H3,(H,23,27,28);3-6,9,11H,7-8H2,1-2H3,(H,18,21,23);3-6,9,11,13H,7-8H2,1-2H3,(H,14,16,17);1-2,6,8,18H,3-5H2,(H,15,19,21);1-2,5-6,8H,3-4H2,(H,15,19,21);5H2,1-4H3;1H4;;1H2/q;;;;;;;+1;/p-1/b13-9+;2*6-4+;;;;;;. The van der Waals surface area contributed by atoms with E-state index in [9.17, 15) is 129 Å². The van der Waals surface area contributed by atoms with Gasteiger partial charge in [-0.05, 0) is 85.1 Å². The fourth-order valence-electron chi connectivity index (χ4n) is 12.4. The molecule has 10 rings (SSSR count). The summed E-state index contributed by atoms with van der Waals surface area (Å²) in [7, 11) is -10.8. The summed E-state index contributed by atoms with van der Waals surface area (Å²) in [6.45, 7) is 17.8. The van der Waals surface area contributed by atoms with Crippen LogP contribution in [0.1, 0.15) is 72.7 Å². The second kappa shape index (κ2) is 55.3. The van der Waals surface area contributed by atoms with Crippen LogP contribution < -0.4 is 91.1 Å². The number of morpholine rings is 5. The molecule has 5 aromatic rings. The molecule has 5 aliphatic heterocycles. The first-order chi connectivity index (χ1) is 62.5. The first kappa shape index (κ1) is 126. The zero-order chi connectivity index (χ0) is 102. The van der Waals surface area contributed by atoms with E-state index in [-0.39, 0.29) is 79.3 Å². The van der Waals surface area contributed by atoms with Crippen LogP contribution in [0.3, 0.4) is 0 Å². The third kappa shape index (κ3) is 41.3. The van der Waals surface area contributed by atoms with Crippen molar-refractivity contribution in [1.82, 2.24) is 77.1 Å². The number of aliphatic hydroxyl groups excluding tert-OH is 1. The average molecular weight is 2110 g/mol. The van der Waals surface area contributed by atoms with Crippen LogP contribution in [-0.2, 0) is 83.8 Å². The second-order valence-corrected chi connectivity index (χ2v) is 48.3. The summed E-state index contributed by atoms with van der Waals surface area (Å²) in [6.07, 6.45) is -13.1. The molecule has 5 fully saturated rings. The molecule has 8 N–H and O–H groups in total. The summed E-state index contributed by atoms with van der Waals surface area (Å²) in [5.41, 5.74) is -6.76. The number of nitrogens with one attached hydrogen (secondary N) is 6. The maximum absolute atomic E-state index is 12.8. The fourth-order valence-corrected chi connectivity index (χ4v) is 20.5. The number of aromatic nitrogens is 10. The molecule has 0 radical (unpaired) electrons. The van der Waals surface area contributed by atoms with Crippen LogP contribution in [0.25, 0.3) is 0 Å². The summed E-state index contributed by atoms with van der Waals surface area (Å²) in [4.78, 5) is 172. The molecule has 47 nitrogen and oxygen atoms in total. The molecule has 12 unspecified atom stereocenters. The number of amides is 3. The number of alkyl halides is 9. The number of hydrogen-bond acceptors (Lipinski definition) is 34. The molecule has 0 spiro atoms. The van der Waals surface area contributed by atoms with E-state index in [2.05, 4.69) is 72.0 Å². The maximum Gasteiger partial charge on any atom is 1.00 e. The van der Waals surface area contributed by atoms with Crippen molar-refractivity contribution in [2.24, 2.45) is 0 Å². The van der Waals surface area contributed by atoms with Crippen LogP contribution in [0.2, 0.25) is 0 Å². The van der Waals surface area contributed by atoms with Gasteiger partial charge in [0.15, 0.2) is 45.9 Å². The van der Waals surface area contributed by atoms with Crippen LogP contribution in [0.15, 0.2) is 145 Å². The van der Waals surface area contributed by atoms with Gasteiger partial charge in [-0.1, -0.05) is 25.7 Å². The van der Waals surface area contributed by atoms with Crippen LogP contribution in [0, 0.1) is 11.3 Å². The SMILES string of the molecule is C.CC(C)N(C(C)C)P(OCCC#N)N1CC(/C=C/P(C)(C)=O)OC(n2ccc(=O)[nH]c2=O)C1.COP(C)(=O)CP(=O)(OC)OC.CP(C)(=O)/C=C/C1CN(C(=O)C(F)(F)F)CC(n2ccc(=O)[nH]c2=O)O1.CP(C)(=O)/C=C/C1CNCC(n2ccc(=O)[nH]c2=O)O1.O=C(N1CC(CO)OC(n2ccc(=O)[nH]c2=O)C1)C(F)(F)F.O=CC1CN(C(=O)C(F)(F)F)CC(n2ccc(=O)[nH]c2=O)O1.[Na+].[OH-]. The van der Waals surface area contributed by atoms with Crippen molar-refractivity contribution in [1.29, 1.82) is 5.26 Å². The van der Waals surface area contributed by atoms with Gasteiger partial charge >= 0.3 is 102 Å². The normalized spacial score (nSPS) is 21.4. The van der Waals surface area contributed by atoms with Gasteiger partial charge in [0.2, 0.25) is 7.37 Å². The van der Waals surface area contributed by atoms with Crippen molar-refractivity contribution < 1.29 is 163 Å². The maximum atomic E-state index is 12.8. The minimum Gasteiger partial charge on any atom is -0.870 e. The van der Waals surface area contributed by atoms with Gasteiger partial charge in [-0.25, -0.2) is 33.3 Å². The molecule has 12 atom stereocenters. The molecular formula is C75H111F9N17NaO30P6. The van der Waals surface area contributed by atoms with E-state index in [1.807, 2.05) is 15.0 Å². The Bertz CT molecular complexity index is 5900. The molecule has 138 heavy (non-hydrogen) atoms. The van der Waals surface area contributed by atoms with Gasteiger partial charge in [0, 0.05) is 128 Å². The largest absolute Gasteiger partial charge is 1.00 e. The first-order valence-corrected chi connectivity index (χ1v) is 53.2. The molecule has 0 aromatic carbocycles. The van der Waals surface area contributed by atoms with Gasteiger partial charge in [-0.3, -0.25) is 95.2 Å². The number of carbonyl (C=O) groups is 4. The van der Waals surface area contributed by atoms with Gasteiger partial charge in [0.05, 0.1) is 83.3 Å². The third-order valence-corrected chi connectivity index (χ3v) is 29.0. The Morgan fingerprint density at radius 2 is 0.804 bits per heavy atom. The molecule has 770 valence electrons. The molecule has 5 aromatic heterocycles. The summed E-state index contributed by atoms with van der Waals surface area (Å²) in [6, 6.07) is 7.98. The smallest absolute Gasteiger partial charge is 0.870 e. The number of nitriles is 1. The van der Waals surface area contributed by atoms with Crippen LogP contribution in [-0.4, -0.2) is 320 Å². The third-order valence-electron chi connectivity index (χ3n) is 18.5. The molecule has 0 bridgehead atoms. The Labute approximate surface area is 804 Å². The number of aliphatic hydroxyl groups is 1. The van der Waals surface area contributed by atoms with Crippen molar-refractivity contribution in [2.45, 2.75) is 134 Å². The van der Waals surface area contributed by atoms with Crippen molar-refractivity contribution in [3.63, 3.8) is 0 Å². The molecule has 0 aliphatic carbocycles. The molecule has 0 saturated carbocycles. The van der Waals surface area contributed by atoms with E-state index < -0.39 is 239 Å². The predicted octanol–water partition coefficient (Wildman–Crippen LogP) is 1.56. The Balaban J connectivity index is 0.000000568. The first-order valence-electron chi connectivity index (χ1n) is 40.1. The molecule has 10 heterocycles. The quantitative estimate of drug-likeness (QED) is 0.0143. The number of ether oxygens (including phenoxy) is 5. The summed E-state index contributed by atoms with van der Waals surface area (Å²) in [5, 5.41) is 21.2. The van der Waals surface area contributed by atoms with E-state index >= 15 is 0 Å². The van der Waals surface area contributed by atoms with E-state index in [1.54, 1.807) is 50.4 Å². The minimum absolute atomic E-state index is 0. The monoisotopic (exact) mass is 2110 g/mol. The number of aldehydes is 1. The molecule has 3 amide bonds. The number of carbonyl (C=O) groups excluding carboxylic acids is 4. The second-order valence-electron chi connectivity index (χ2n) is 31.5. The summed E-state index contributed by atoms with van der Waals surface area (Å²) in [5.74, 6) is -1.86. The molecular weight excluding hydrogens is 2000 g/mol. The summed E-state index contributed by atoms with van der Waals surface area (Å²) >= 11 is 0. The van der Waals surface area contributed by atoms with Crippen molar-refractivity contribution >= 4 is 68.8 Å². The average Bonchev–Trinajstić information content (AvgIpc) is 0.781. The van der Waals surface area contributed by atoms with E-state index in [4.69, 9.17) is 38.6 Å². The van der Waals surface area contributed by atoms with Crippen LogP contribution in [0.4, 0.5) is 39.5 Å². The van der Waals surface area contributed by atoms with Gasteiger partial charge in [-0.2, -0.15) is 44.8 Å². The van der Waals surface area contributed by atoms with E-state index in [0.717, 1.165) is 50.5 Å². The zero-order valence-corrected chi connectivity index (χ0v) is 83.8. The summed E-state index contributed by atoms with van der Waals surface area (Å²) < 4.78 is 229. The Morgan fingerprint density at radius 1 is 0.493 bits per heavy atom. The Hall–Kier alpha value is -8.42. The zero-order valence-electron chi connectivity index (χ0n) is 76.5. The number of H-pyrrole nitrogens is 5. The van der Waals surface area contributed by atoms with E-state index in [1.165, 1.54) is 86.9 Å². The van der Waals surface area contributed by atoms with Crippen molar-refractivity contribution in [3.8, 4) is 6.07 Å². The van der Waals surface area contributed by atoms with Gasteiger partial charge in [0.1, 0.15) is 39.5 Å². The molecule has 5 saturated heterocycles. The Morgan fingerprint density at radius 3 is 1.12 bits per heavy atom. The Kier molecular flexibility index (Phi) is 50.3. The van der Waals surface area contributed by atoms with Crippen LogP contribution >= 0.6 is 44.8 Å². The topological polar surface area (TPSA) is 613 Å². The molecule has 5 aliphatic rings. The number of halogens is 9. The number of aromatic amines is 5. The van der Waals surface area contributed by atoms with Gasteiger partial charge in [0.25, 0.3) is 27.8 Å². The minimum atomic E-state index is -5.11. The molecule has 63 heteroatoms.